The van der Waals surface area contributed by atoms with E-state index in [2.05, 4.69) is 137 Å². The number of benzene rings is 5. The normalized spacial score (nSPS) is 17.7. The lowest BCUT2D eigenvalue weighted by Crippen LogP contribution is -2.27. The fourth-order valence-electron chi connectivity index (χ4n) is 11.6. The molecule has 2 unspecified atom stereocenters. The maximum atomic E-state index is 7.42. The molecule has 310 valence electrons. The molecular weight excluding hydrogens is 729 g/mol. The van der Waals surface area contributed by atoms with Gasteiger partial charge in [0, 0.05) is 55.0 Å². The molecule has 0 radical (unpaired) electrons. The maximum Gasteiger partial charge on any atom is 0.142 e. The van der Waals surface area contributed by atoms with Gasteiger partial charge in [0.05, 0.1) is 0 Å². The van der Waals surface area contributed by atoms with Crippen molar-refractivity contribution in [3.8, 4) is 44.9 Å². The number of fused-ring (bicyclic) bond motifs is 10. The van der Waals surface area contributed by atoms with Crippen LogP contribution in [-0.2, 0) is 10.8 Å². The predicted octanol–water partition coefficient (Wildman–Crippen LogP) is 18.1. The van der Waals surface area contributed by atoms with E-state index in [0.29, 0.717) is 0 Å². The van der Waals surface area contributed by atoms with Crippen LogP contribution in [0.3, 0.4) is 0 Å². The summed E-state index contributed by atoms with van der Waals surface area (Å²) in [4.78, 5) is 0. The highest BCUT2D eigenvalue weighted by Gasteiger charge is 2.52. The molecule has 2 heterocycles. The van der Waals surface area contributed by atoms with Gasteiger partial charge in [-0.15, -0.1) is 0 Å². The van der Waals surface area contributed by atoms with E-state index in [4.69, 9.17) is 8.83 Å². The van der Waals surface area contributed by atoms with Crippen molar-refractivity contribution >= 4 is 21.9 Å². The average molecular weight is 795 g/mol. The second kappa shape index (κ2) is 17.6. The van der Waals surface area contributed by atoms with Crippen LogP contribution in [0.5, 0.6) is 0 Å². The molecular formula is C58H66O2. The average Bonchev–Trinajstić information content (AvgIpc) is 4.01. The van der Waals surface area contributed by atoms with Crippen LogP contribution >= 0.6 is 0 Å². The largest absolute Gasteiger partial charge is 0.455 e. The van der Waals surface area contributed by atoms with Crippen LogP contribution in [0.15, 0.2) is 118 Å². The first kappa shape index (κ1) is 40.6. The van der Waals surface area contributed by atoms with Gasteiger partial charge in [0.15, 0.2) is 0 Å². The molecule has 60 heavy (non-hydrogen) atoms. The molecule has 2 aliphatic carbocycles. The molecule has 2 atom stereocenters. The van der Waals surface area contributed by atoms with Crippen molar-refractivity contribution in [2.24, 2.45) is 0 Å². The lowest BCUT2D eigenvalue weighted by Gasteiger charge is -2.34. The van der Waals surface area contributed by atoms with E-state index in [1.807, 2.05) is 0 Å². The Labute approximate surface area is 359 Å². The summed E-state index contributed by atoms with van der Waals surface area (Å²) in [7, 11) is 0. The van der Waals surface area contributed by atoms with E-state index < -0.39 is 0 Å². The van der Waals surface area contributed by atoms with Gasteiger partial charge in [-0.05, 0) is 60.1 Å². The van der Waals surface area contributed by atoms with Gasteiger partial charge in [-0.2, -0.15) is 0 Å². The summed E-state index contributed by atoms with van der Waals surface area (Å²) in [6, 6.07) is 40.9. The van der Waals surface area contributed by atoms with Crippen molar-refractivity contribution in [3.05, 3.63) is 131 Å². The molecule has 0 spiro atoms. The summed E-state index contributed by atoms with van der Waals surface area (Å²) in [5.41, 5.74) is 15.3. The molecule has 0 saturated heterocycles. The van der Waals surface area contributed by atoms with Gasteiger partial charge >= 0.3 is 0 Å². The Hall–Kier alpha value is -4.82. The van der Waals surface area contributed by atoms with Crippen LogP contribution in [0.2, 0.25) is 0 Å². The van der Waals surface area contributed by atoms with Crippen molar-refractivity contribution in [2.75, 3.05) is 0 Å². The van der Waals surface area contributed by atoms with Crippen LogP contribution in [0.1, 0.15) is 166 Å². The van der Waals surface area contributed by atoms with E-state index >= 15 is 0 Å². The van der Waals surface area contributed by atoms with Gasteiger partial charge in [-0.3, -0.25) is 0 Å². The molecule has 0 bridgehead atoms. The Kier molecular flexibility index (Phi) is 11.9. The van der Waals surface area contributed by atoms with E-state index in [0.717, 1.165) is 48.4 Å². The standard InChI is InChI=1S/C58H66O2/c1-5-9-13-23-37-57(35-21-11-7-3)49-39-48-50(40-47(49)55-51(57)45-33-25-31-43(53(45)59-55)41-27-17-15-18-28-41)58(36-22-12-8-4,38-24-14-10-6-2)52-46-34-26-32-44(54(46)60-56(48)52)42-29-19-16-20-30-42/h15-20,25-34,39-40H,5-14,21-24,35-38H2,1-4H3. The SMILES string of the molecule is CCCCCCC1(CCCCC)c2cc3c(cc2-c2oc4c(-c5ccccc5)cccc4c21)C(CCCCC)(CCCCCC)c1c-3oc2c(-c3ccccc3)cccc12. The number of rotatable bonds is 20. The van der Waals surface area contributed by atoms with Gasteiger partial charge in [0.25, 0.3) is 0 Å². The summed E-state index contributed by atoms with van der Waals surface area (Å²) in [5.74, 6) is 2.26. The molecule has 2 aliphatic rings. The highest BCUT2D eigenvalue weighted by molar-refractivity contribution is 6.04. The zero-order valence-electron chi connectivity index (χ0n) is 36.9. The van der Waals surface area contributed by atoms with Gasteiger partial charge in [-0.25, -0.2) is 0 Å². The molecule has 9 rings (SSSR count). The Bertz CT molecular complexity index is 2370. The summed E-state index contributed by atoms with van der Waals surface area (Å²) >= 11 is 0. The summed E-state index contributed by atoms with van der Waals surface area (Å²) < 4.78 is 14.8. The molecule has 2 heteroatoms. The minimum Gasteiger partial charge on any atom is -0.455 e. The fourth-order valence-corrected chi connectivity index (χ4v) is 11.6. The number of hydrogen-bond acceptors (Lipinski definition) is 2. The molecule has 0 amide bonds. The van der Waals surface area contributed by atoms with Gasteiger partial charge < -0.3 is 8.83 Å². The first-order chi connectivity index (χ1) is 29.6. The lowest BCUT2D eigenvalue weighted by atomic mass is 9.68. The van der Waals surface area contributed by atoms with E-state index in [9.17, 15) is 0 Å². The summed E-state index contributed by atoms with van der Waals surface area (Å²) in [6.07, 6.45) is 21.9. The van der Waals surface area contributed by atoms with Crippen molar-refractivity contribution in [1.29, 1.82) is 0 Å². The smallest absolute Gasteiger partial charge is 0.142 e. The third-order valence-electron chi connectivity index (χ3n) is 14.6. The lowest BCUT2D eigenvalue weighted by molar-refractivity contribution is 0.401. The fraction of sp³-hybridized carbons (Fsp3) is 0.414. The molecule has 2 aromatic heterocycles. The number of unbranched alkanes of at least 4 members (excludes halogenated alkanes) is 10. The first-order valence-electron chi connectivity index (χ1n) is 24.0. The number of hydrogen-bond donors (Lipinski definition) is 0. The minimum atomic E-state index is -0.126. The van der Waals surface area contributed by atoms with Crippen LogP contribution in [0.4, 0.5) is 0 Å². The van der Waals surface area contributed by atoms with Gasteiger partial charge in [-0.1, -0.05) is 215 Å². The Morgan fingerprint density at radius 3 is 1.12 bits per heavy atom. The van der Waals surface area contributed by atoms with Gasteiger partial charge in [0.2, 0.25) is 0 Å². The summed E-state index contributed by atoms with van der Waals surface area (Å²) in [6.45, 7) is 9.36. The van der Waals surface area contributed by atoms with E-state index in [1.54, 1.807) is 0 Å². The second-order valence-corrected chi connectivity index (χ2v) is 18.4. The second-order valence-electron chi connectivity index (χ2n) is 18.4. The Morgan fingerprint density at radius 2 is 0.733 bits per heavy atom. The van der Waals surface area contributed by atoms with Crippen molar-refractivity contribution < 1.29 is 8.83 Å². The quantitative estimate of drug-likeness (QED) is 0.0719. The molecule has 0 N–H and O–H groups in total. The number of para-hydroxylation sites is 2. The maximum absolute atomic E-state index is 7.42. The molecule has 2 nitrogen and oxygen atoms in total. The zero-order valence-corrected chi connectivity index (χ0v) is 36.9. The minimum absolute atomic E-state index is 0.126. The third-order valence-corrected chi connectivity index (χ3v) is 14.6. The van der Waals surface area contributed by atoms with Crippen LogP contribution in [0, 0.1) is 0 Å². The highest BCUT2D eigenvalue weighted by atomic mass is 16.3. The van der Waals surface area contributed by atoms with Crippen LogP contribution in [-0.4, -0.2) is 0 Å². The molecule has 7 aromatic rings. The molecule has 0 aliphatic heterocycles. The van der Waals surface area contributed by atoms with Crippen LogP contribution in [0.25, 0.3) is 66.8 Å². The molecule has 0 saturated carbocycles. The molecule has 5 aromatic carbocycles. The van der Waals surface area contributed by atoms with Gasteiger partial charge in [0.1, 0.15) is 22.7 Å². The number of furan rings is 2. The van der Waals surface area contributed by atoms with Crippen molar-refractivity contribution in [3.63, 3.8) is 0 Å². The first-order valence-corrected chi connectivity index (χ1v) is 24.0. The monoisotopic (exact) mass is 795 g/mol. The highest BCUT2D eigenvalue weighted by Crippen LogP contribution is 2.64. The topological polar surface area (TPSA) is 26.3 Å². The predicted molar refractivity (Wildman–Crippen MR) is 255 cm³/mol. The Morgan fingerprint density at radius 1 is 0.367 bits per heavy atom. The van der Waals surface area contributed by atoms with Crippen molar-refractivity contribution in [1.82, 2.24) is 0 Å². The third kappa shape index (κ3) is 6.87. The van der Waals surface area contributed by atoms with Crippen molar-refractivity contribution in [2.45, 2.75) is 154 Å². The zero-order chi connectivity index (χ0) is 41.1. The van der Waals surface area contributed by atoms with E-state index in [1.165, 1.54) is 156 Å². The Balaban J connectivity index is 1.33. The summed E-state index contributed by atoms with van der Waals surface area (Å²) in [5, 5.41) is 2.61. The van der Waals surface area contributed by atoms with Crippen LogP contribution < -0.4 is 0 Å². The van der Waals surface area contributed by atoms with E-state index in [-0.39, 0.29) is 10.8 Å². The molecule has 0 fully saturated rings.